The van der Waals surface area contributed by atoms with E-state index in [2.05, 4.69) is 158 Å². The fraction of sp³-hybridized carbons (Fsp3) is 0.122. The van der Waals surface area contributed by atoms with Gasteiger partial charge in [0.15, 0.2) is 0 Å². The van der Waals surface area contributed by atoms with E-state index in [1.54, 1.807) is 0 Å². The first-order valence-corrected chi connectivity index (χ1v) is 15.5. The van der Waals surface area contributed by atoms with Gasteiger partial charge in [0.25, 0.3) is 0 Å². The van der Waals surface area contributed by atoms with Crippen LogP contribution in [0.15, 0.2) is 122 Å². The maximum atomic E-state index is 4.80. The number of nitrogens with zero attached hydrogens (tertiary/aromatic N) is 5. The molecule has 0 saturated heterocycles. The Balaban J connectivity index is 0.00000386. The van der Waals surface area contributed by atoms with E-state index >= 15 is 0 Å². The SMILES string of the molecule is Cc1cc(C)c(-n2ccnc2-c2[c-]c(N(c3[c-]c(-c4cn(-c5c(C)cccc5C)cn4)ccc3)c3ccccc3)ccc2)c(C)c1.[Pt+2]. The third kappa shape index (κ3) is 6.24. The van der Waals surface area contributed by atoms with Crippen LogP contribution in [0.2, 0.25) is 0 Å². The van der Waals surface area contributed by atoms with Crippen LogP contribution in [0.1, 0.15) is 27.8 Å². The van der Waals surface area contributed by atoms with Crippen LogP contribution in [-0.4, -0.2) is 19.1 Å². The largest absolute Gasteiger partial charge is 2.00 e. The predicted octanol–water partition coefficient (Wildman–Crippen LogP) is 10.0. The van der Waals surface area contributed by atoms with Crippen molar-refractivity contribution in [3.05, 3.63) is 162 Å². The topological polar surface area (TPSA) is 38.9 Å². The molecule has 0 aliphatic carbocycles. The minimum absolute atomic E-state index is 0. The van der Waals surface area contributed by atoms with Crippen molar-refractivity contribution < 1.29 is 21.1 Å². The zero-order valence-electron chi connectivity index (χ0n) is 27.1. The molecule has 0 saturated carbocycles. The Morgan fingerprint density at radius 3 is 1.91 bits per heavy atom. The molecule has 2 heterocycles. The van der Waals surface area contributed by atoms with Crippen molar-refractivity contribution in [1.82, 2.24) is 19.1 Å². The van der Waals surface area contributed by atoms with Gasteiger partial charge in [-0.15, -0.1) is 59.7 Å². The van der Waals surface area contributed by atoms with Gasteiger partial charge in [-0.3, -0.25) is 9.97 Å². The van der Waals surface area contributed by atoms with Crippen molar-refractivity contribution in [2.75, 3.05) is 4.90 Å². The number of para-hydroxylation sites is 2. The average molecular weight is 793 g/mol. The van der Waals surface area contributed by atoms with Crippen LogP contribution in [0.5, 0.6) is 0 Å². The van der Waals surface area contributed by atoms with Crippen molar-refractivity contribution in [2.45, 2.75) is 34.6 Å². The Hall–Kier alpha value is -4.99. The number of hydrogen-bond acceptors (Lipinski definition) is 3. The Bertz CT molecular complexity index is 2130. The van der Waals surface area contributed by atoms with E-state index in [1.807, 2.05) is 24.8 Å². The molecule has 0 bridgehead atoms. The van der Waals surface area contributed by atoms with Crippen molar-refractivity contribution in [3.63, 3.8) is 0 Å². The molecule has 7 aromatic rings. The van der Waals surface area contributed by atoms with Crippen LogP contribution < -0.4 is 4.90 Å². The van der Waals surface area contributed by atoms with Crippen molar-refractivity contribution in [3.8, 4) is 34.0 Å². The summed E-state index contributed by atoms with van der Waals surface area (Å²) in [4.78, 5) is 11.8. The smallest absolute Gasteiger partial charge is 0.346 e. The third-order valence-corrected chi connectivity index (χ3v) is 8.37. The van der Waals surface area contributed by atoms with E-state index in [0.717, 1.165) is 51.1 Å². The Morgan fingerprint density at radius 2 is 1.23 bits per heavy atom. The van der Waals surface area contributed by atoms with Crippen LogP contribution in [0.3, 0.4) is 0 Å². The molecule has 0 radical (unpaired) electrons. The molecular formula is C41H35N5Pt. The number of imidazole rings is 2. The molecule has 234 valence electrons. The molecule has 0 spiro atoms. The molecule has 0 unspecified atom stereocenters. The number of aryl methyl sites for hydroxylation is 5. The maximum Gasteiger partial charge on any atom is 2.00 e. The second-order valence-corrected chi connectivity index (χ2v) is 11.8. The van der Waals surface area contributed by atoms with Crippen molar-refractivity contribution in [1.29, 1.82) is 0 Å². The zero-order valence-corrected chi connectivity index (χ0v) is 29.4. The summed E-state index contributed by atoms with van der Waals surface area (Å²) in [5.74, 6) is 0.847. The minimum Gasteiger partial charge on any atom is -0.346 e. The van der Waals surface area contributed by atoms with Gasteiger partial charge < -0.3 is 14.0 Å². The van der Waals surface area contributed by atoms with Gasteiger partial charge in [-0.25, -0.2) is 0 Å². The third-order valence-electron chi connectivity index (χ3n) is 8.37. The van der Waals surface area contributed by atoms with Crippen LogP contribution >= 0.6 is 0 Å². The van der Waals surface area contributed by atoms with E-state index in [9.17, 15) is 0 Å². The van der Waals surface area contributed by atoms with Gasteiger partial charge in [0.1, 0.15) is 0 Å². The summed E-state index contributed by atoms with van der Waals surface area (Å²) in [6.07, 6.45) is 7.86. The van der Waals surface area contributed by atoms with Crippen molar-refractivity contribution in [2.24, 2.45) is 0 Å². The van der Waals surface area contributed by atoms with Gasteiger partial charge in [0, 0.05) is 29.5 Å². The van der Waals surface area contributed by atoms with Gasteiger partial charge in [-0.1, -0.05) is 54.1 Å². The average Bonchev–Trinajstić information content (AvgIpc) is 3.73. The van der Waals surface area contributed by atoms with E-state index in [0.29, 0.717) is 0 Å². The molecule has 0 aliphatic rings. The fourth-order valence-corrected chi connectivity index (χ4v) is 6.47. The summed E-state index contributed by atoms with van der Waals surface area (Å²) in [6, 6.07) is 41.0. The second kappa shape index (κ2) is 13.4. The van der Waals surface area contributed by atoms with Crippen molar-refractivity contribution >= 4 is 17.1 Å². The molecular weight excluding hydrogens is 758 g/mol. The summed E-state index contributed by atoms with van der Waals surface area (Å²) in [7, 11) is 0. The molecule has 7 rings (SSSR count). The summed E-state index contributed by atoms with van der Waals surface area (Å²) >= 11 is 0. The number of hydrogen-bond donors (Lipinski definition) is 0. The quantitative estimate of drug-likeness (QED) is 0.151. The van der Waals surface area contributed by atoms with E-state index in [4.69, 9.17) is 9.97 Å². The molecule has 0 N–H and O–H groups in total. The second-order valence-electron chi connectivity index (χ2n) is 11.8. The van der Waals surface area contributed by atoms with Gasteiger partial charge in [0.05, 0.1) is 17.8 Å². The molecule has 0 amide bonds. The normalized spacial score (nSPS) is 10.9. The van der Waals surface area contributed by atoms with Gasteiger partial charge >= 0.3 is 21.1 Å². The monoisotopic (exact) mass is 792 g/mol. The van der Waals surface area contributed by atoms with E-state index < -0.39 is 0 Å². The molecule has 2 aromatic heterocycles. The first-order valence-electron chi connectivity index (χ1n) is 15.5. The number of benzene rings is 5. The summed E-state index contributed by atoms with van der Waals surface area (Å²) in [5.41, 5.74) is 13.9. The molecule has 47 heavy (non-hydrogen) atoms. The number of anilines is 3. The maximum absolute atomic E-state index is 4.80. The first kappa shape index (κ1) is 32.0. The molecule has 6 heteroatoms. The fourth-order valence-electron chi connectivity index (χ4n) is 6.47. The summed E-state index contributed by atoms with van der Waals surface area (Å²) in [6.45, 7) is 10.7. The standard InChI is InChI=1S/C41H35N5.Pt/c1-28-22-31(4)40(32(5)23-28)45-21-20-42-41(45)34-15-11-19-37(25-34)46(35-16-7-6-8-17-35)36-18-10-14-33(24-36)38-26-44(27-43-38)39-29(2)12-9-13-30(39)3;/h6-23,26-27H,1-5H3;/q-2;+2. The van der Waals surface area contributed by atoms with Gasteiger partial charge in [-0.2, -0.15) is 0 Å². The van der Waals surface area contributed by atoms with Crippen LogP contribution in [0.4, 0.5) is 17.1 Å². The van der Waals surface area contributed by atoms with Gasteiger partial charge in [-0.05, 0) is 86.6 Å². The zero-order chi connectivity index (χ0) is 31.8. The number of aromatic nitrogens is 4. The van der Waals surface area contributed by atoms with E-state index in [-0.39, 0.29) is 21.1 Å². The summed E-state index contributed by atoms with van der Waals surface area (Å²) < 4.78 is 4.28. The molecule has 0 fully saturated rings. The minimum atomic E-state index is 0. The molecule has 0 aliphatic heterocycles. The van der Waals surface area contributed by atoms with E-state index in [1.165, 1.54) is 27.8 Å². The number of rotatable bonds is 7. The van der Waals surface area contributed by atoms with Crippen LogP contribution in [0, 0.1) is 46.8 Å². The molecule has 5 nitrogen and oxygen atoms in total. The van der Waals surface area contributed by atoms with Crippen LogP contribution in [0.25, 0.3) is 34.0 Å². The Kier molecular flexibility index (Phi) is 9.11. The predicted molar refractivity (Wildman–Crippen MR) is 188 cm³/mol. The van der Waals surface area contributed by atoms with Gasteiger partial charge in [0.2, 0.25) is 0 Å². The summed E-state index contributed by atoms with van der Waals surface area (Å²) in [5, 5.41) is 0. The Morgan fingerprint density at radius 1 is 0.617 bits per heavy atom. The molecule has 0 atom stereocenters. The van der Waals surface area contributed by atoms with Crippen LogP contribution in [-0.2, 0) is 21.1 Å². The Labute approximate surface area is 291 Å². The first-order chi connectivity index (χ1) is 22.4. The molecule has 5 aromatic carbocycles.